The Morgan fingerprint density at radius 3 is 2.88 bits per heavy atom. The van der Waals surface area contributed by atoms with E-state index < -0.39 is 0 Å². The number of diazo groups is 1. The first-order valence-corrected chi connectivity index (χ1v) is 2.19. The summed E-state index contributed by atoms with van der Waals surface area (Å²) in [6, 6.07) is 0. The Bertz CT molecular complexity index is 218. The Kier molecular flexibility index (Phi) is 0.968. The Balaban J connectivity index is 3.15. The van der Waals surface area contributed by atoms with Crippen LogP contribution in [0.2, 0.25) is 0 Å². The number of hydrogen-bond donors (Lipinski definition) is 1. The first-order valence-electron chi connectivity index (χ1n) is 2.19. The maximum Gasteiger partial charge on any atom is 0.424 e. The summed E-state index contributed by atoms with van der Waals surface area (Å²) in [4.78, 5) is 2.94. The predicted octanol–water partition coefficient (Wildman–Crippen LogP) is 1.20. The van der Waals surface area contributed by atoms with Crippen LogP contribution in [0.4, 0.5) is 5.69 Å². The van der Waals surface area contributed by atoms with Crippen LogP contribution in [-0.4, -0.2) is 10.2 Å². The van der Waals surface area contributed by atoms with Crippen LogP contribution in [0.5, 0.6) is 0 Å². The molecule has 0 aliphatic heterocycles. The topological polar surface area (TPSA) is 56.8 Å². The van der Waals surface area contributed by atoms with Crippen molar-refractivity contribution in [3.8, 4) is 0 Å². The monoisotopic (exact) mass is 109 g/mol. The lowest BCUT2D eigenvalue weighted by Gasteiger charge is -1.65. The molecule has 0 radical (unpaired) electrons. The number of hydrogen-bond acceptors (Lipinski definition) is 2. The zero-order chi connectivity index (χ0) is 5.98. The van der Waals surface area contributed by atoms with E-state index in [4.69, 9.17) is 5.39 Å². The lowest BCUT2D eigenvalue weighted by molar-refractivity contribution is 1.05. The molecule has 0 saturated heterocycles. The molecule has 4 heteroatoms. The molecule has 0 aromatic carbocycles. The van der Waals surface area contributed by atoms with Crippen LogP contribution < -0.4 is 0 Å². The lowest BCUT2D eigenvalue weighted by Crippen LogP contribution is -1.66. The number of nitrogens with one attached hydrogen (secondary N) is 1. The van der Waals surface area contributed by atoms with E-state index in [9.17, 15) is 0 Å². The molecule has 1 aromatic rings. The third-order valence-electron chi connectivity index (χ3n) is 0.911. The highest BCUT2D eigenvalue weighted by molar-refractivity contribution is 5.44. The predicted molar refractivity (Wildman–Crippen MR) is 28.1 cm³/mol. The van der Waals surface area contributed by atoms with Crippen LogP contribution in [-0.2, 0) is 0 Å². The minimum Gasteiger partial charge on any atom is -0.274 e. The smallest absolute Gasteiger partial charge is 0.274 e. The van der Waals surface area contributed by atoms with Crippen LogP contribution in [0.15, 0.2) is 6.20 Å². The highest BCUT2D eigenvalue weighted by Gasteiger charge is 2.09. The van der Waals surface area contributed by atoms with Crippen molar-refractivity contribution in [3.63, 3.8) is 0 Å². The van der Waals surface area contributed by atoms with Crippen molar-refractivity contribution in [2.45, 2.75) is 6.92 Å². The van der Waals surface area contributed by atoms with Gasteiger partial charge in [0.05, 0.1) is 0 Å². The van der Waals surface area contributed by atoms with Crippen molar-refractivity contribution in [3.05, 3.63) is 16.9 Å². The van der Waals surface area contributed by atoms with Gasteiger partial charge in [-0.2, -0.15) is 5.10 Å². The molecule has 40 valence electrons. The molecule has 0 saturated carbocycles. The Morgan fingerprint density at radius 1 is 1.88 bits per heavy atom. The third kappa shape index (κ3) is 0.540. The second kappa shape index (κ2) is 1.62. The molecule has 0 unspecified atom stereocenters. The molecule has 0 aliphatic carbocycles. The zero-order valence-corrected chi connectivity index (χ0v) is 4.42. The second-order valence-corrected chi connectivity index (χ2v) is 1.48. The first kappa shape index (κ1) is 4.78. The van der Waals surface area contributed by atoms with Crippen molar-refractivity contribution in [2.75, 3.05) is 0 Å². The number of nitrogens with zero attached hydrogens (tertiary/aromatic N) is 3. The van der Waals surface area contributed by atoms with E-state index in [0.717, 1.165) is 5.69 Å². The van der Waals surface area contributed by atoms with Gasteiger partial charge in [0.1, 0.15) is 11.9 Å². The van der Waals surface area contributed by atoms with E-state index in [1.807, 2.05) is 0 Å². The molecule has 1 N–H and O–H groups in total. The van der Waals surface area contributed by atoms with Crippen molar-refractivity contribution >= 4 is 5.69 Å². The summed E-state index contributed by atoms with van der Waals surface area (Å²) in [5.41, 5.74) is 1.26. The fourth-order valence-electron chi connectivity index (χ4n) is 0.445. The highest BCUT2D eigenvalue weighted by Crippen LogP contribution is 2.12. The molecular formula is C4H5N4+. The SMILES string of the molecule is Cc1[nH]ncc1[N+]#N. The minimum absolute atomic E-state index is 0.491. The van der Waals surface area contributed by atoms with Crippen LogP contribution in [0.25, 0.3) is 4.98 Å². The van der Waals surface area contributed by atoms with E-state index >= 15 is 0 Å². The molecule has 4 nitrogen and oxygen atoms in total. The summed E-state index contributed by atoms with van der Waals surface area (Å²) in [7, 11) is 0. The number of rotatable bonds is 0. The van der Waals surface area contributed by atoms with Gasteiger partial charge in [0, 0.05) is 0 Å². The van der Waals surface area contributed by atoms with E-state index in [2.05, 4.69) is 15.2 Å². The van der Waals surface area contributed by atoms with Crippen LogP contribution in [0.1, 0.15) is 5.69 Å². The maximum atomic E-state index is 8.17. The molecule has 1 rings (SSSR count). The van der Waals surface area contributed by atoms with Crippen LogP contribution >= 0.6 is 0 Å². The molecule has 1 heterocycles. The van der Waals surface area contributed by atoms with E-state index in [-0.39, 0.29) is 0 Å². The standard InChI is InChI=1S/C4H5N4/c1-3-4(7-5)2-6-8-3/h2H,1H3,(H,6,8)/q+1. The number of aromatic amines is 1. The van der Waals surface area contributed by atoms with Gasteiger partial charge in [-0.3, -0.25) is 5.10 Å². The quantitative estimate of drug-likeness (QED) is 0.509. The number of H-pyrrole nitrogens is 1. The average molecular weight is 109 g/mol. The van der Waals surface area contributed by atoms with Crippen LogP contribution in [0, 0.1) is 12.3 Å². The van der Waals surface area contributed by atoms with E-state index in [1.54, 1.807) is 6.92 Å². The van der Waals surface area contributed by atoms with Crippen molar-refractivity contribution in [1.29, 1.82) is 5.39 Å². The maximum absolute atomic E-state index is 8.17. The summed E-state index contributed by atoms with van der Waals surface area (Å²) in [5.74, 6) is 0. The Labute approximate surface area is 46.2 Å². The molecule has 8 heavy (non-hydrogen) atoms. The van der Waals surface area contributed by atoms with Gasteiger partial charge in [0.2, 0.25) is 5.39 Å². The number of aromatic nitrogens is 2. The van der Waals surface area contributed by atoms with Gasteiger partial charge >= 0.3 is 5.69 Å². The van der Waals surface area contributed by atoms with Gasteiger partial charge in [-0.15, -0.1) is 0 Å². The van der Waals surface area contributed by atoms with E-state index in [1.165, 1.54) is 6.20 Å². The highest BCUT2D eigenvalue weighted by atomic mass is 15.1. The fourth-order valence-corrected chi connectivity index (χ4v) is 0.445. The molecule has 0 spiro atoms. The summed E-state index contributed by atoms with van der Waals surface area (Å²) in [6.45, 7) is 1.78. The van der Waals surface area contributed by atoms with Gasteiger partial charge in [-0.1, -0.05) is 0 Å². The van der Waals surface area contributed by atoms with Gasteiger partial charge in [-0.25, -0.2) is 0 Å². The fraction of sp³-hybridized carbons (Fsp3) is 0.250. The molecule has 0 atom stereocenters. The van der Waals surface area contributed by atoms with Gasteiger partial charge < -0.3 is 0 Å². The molecule has 1 aromatic heterocycles. The minimum atomic E-state index is 0.491. The first-order chi connectivity index (χ1) is 3.84. The molecule has 0 amide bonds. The molecular weight excluding hydrogens is 104 g/mol. The number of aryl methyl sites for hydroxylation is 1. The largest absolute Gasteiger partial charge is 0.424 e. The third-order valence-corrected chi connectivity index (χ3v) is 0.911. The normalized spacial score (nSPS) is 8.50. The Morgan fingerprint density at radius 2 is 2.62 bits per heavy atom. The zero-order valence-electron chi connectivity index (χ0n) is 4.42. The average Bonchev–Trinajstić information content (AvgIpc) is 2.14. The van der Waals surface area contributed by atoms with Crippen molar-refractivity contribution in [2.24, 2.45) is 0 Å². The Hall–Kier alpha value is -1.37. The second-order valence-electron chi connectivity index (χ2n) is 1.48. The van der Waals surface area contributed by atoms with Gasteiger partial charge in [0.25, 0.3) is 0 Å². The van der Waals surface area contributed by atoms with Crippen molar-refractivity contribution < 1.29 is 0 Å². The van der Waals surface area contributed by atoms with Crippen LogP contribution in [0.3, 0.4) is 0 Å². The van der Waals surface area contributed by atoms with Crippen molar-refractivity contribution in [1.82, 2.24) is 10.2 Å². The summed E-state index contributed by atoms with van der Waals surface area (Å²) >= 11 is 0. The molecule has 0 fully saturated rings. The summed E-state index contributed by atoms with van der Waals surface area (Å²) < 4.78 is 0. The molecule has 0 bridgehead atoms. The van der Waals surface area contributed by atoms with Gasteiger partial charge in [-0.05, 0) is 6.92 Å². The van der Waals surface area contributed by atoms with E-state index in [0.29, 0.717) is 5.69 Å². The summed E-state index contributed by atoms with van der Waals surface area (Å²) in [5, 5.41) is 14.4. The summed E-state index contributed by atoms with van der Waals surface area (Å²) in [6.07, 6.45) is 1.45. The molecule has 0 aliphatic rings. The lowest BCUT2D eigenvalue weighted by atomic mass is 10.4. The van der Waals surface area contributed by atoms with Gasteiger partial charge in [0.15, 0.2) is 4.98 Å².